The Morgan fingerprint density at radius 3 is 2.50 bits per heavy atom. The Labute approximate surface area is 245 Å². The van der Waals surface area contributed by atoms with Crippen LogP contribution in [0.3, 0.4) is 0 Å². The summed E-state index contributed by atoms with van der Waals surface area (Å²) in [4.78, 5) is 34.9. The molecule has 3 heterocycles. The number of aromatic nitrogens is 2. The van der Waals surface area contributed by atoms with E-state index in [9.17, 15) is 9.59 Å². The summed E-state index contributed by atoms with van der Waals surface area (Å²) in [6.45, 7) is 6.03. The van der Waals surface area contributed by atoms with Gasteiger partial charge in [0, 0.05) is 56.5 Å². The summed E-state index contributed by atoms with van der Waals surface area (Å²) in [6.07, 6.45) is 2.40. The Morgan fingerprint density at radius 2 is 1.76 bits per heavy atom. The van der Waals surface area contributed by atoms with Crippen molar-refractivity contribution >= 4 is 40.8 Å². The van der Waals surface area contributed by atoms with Crippen molar-refractivity contribution in [1.29, 1.82) is 0 Å². The van der Waals surface area contributed by atoms with Gasteiger partial charge in [0.25, 0.3) is 5.91 Å². The lowest BCUT2D eigenvalue weighted by Crippen LogP contribution is -2.44. The summed E-state index contributed by atoms with van der Waals surface area (Å²) in [7, 11) is 3.91. The van der Waals surface area contributed by atoms with Crippen molar-refractivity contribution in [1.82, 2.24) is 14.7 Å². The van der Waals surface area contributed by atoms with Crippen LogP contribution < -0.4 is 15.5 Å². The molecule has 42 heavy (non-hydrogen) atoms. The smallest absolute Gasteiger partial charge is 0.273 e. The van der Waals surface area contributed by atoms with Crippen LogP contribution >= 0.6 is 0 Å². The number of likely N-dealkylation sites (N-methyl/N-ethyl adjacent to an activating group) is 1. The number of nitrogens with zero attached hydrogens (tertiary/aromatic N) is 5. The molecular formula is C33H35N7O2. The van der Waals surface area contributed by atoms with E-state index in [-0.39, 0.29) is 11.8 Å². The van der Waals surface area contributed by atoms with Crippen LogP contribution in [-0.4, -0.2) is 65.9 Å². The van der Waals surface area contributed by atoms with E-state index in [0.717, 1.165) is 65.6 Å². The normalized spacial score (nSPS) is 17.0. The van der Waals surface area contributed by atoms with Gasteiger partial charge in [-0.25, -0.2) is 0 Å². The number of carbonyl (C=O) groups excluding carboxylic acids is 2. The maximum absolute atomic E-state index is 12.8. The van der Waals surface area contributed by atoms with E-state index in [1.54, 1.807) is 24.0 Å². The number of anilines is 3. The summed E-state index contributed by atoms with van der Waals surface area (Å²) in [5, 5.41) is 10.2. The summed E-state index contributed by atoms with van der Waals surface area (Å²) < 4.78 is 1.58. The lowest BCUT2D eigenvalue weighted by molar-refractivity contribution is -0.115. The highest BCUT2D eigenvalue weighted by molar-refractivity contribution is 6.12. The second kappa shape index (κ2) is 11.6. The van der Waals surface area contributed by atoms with Gasteiger partial charge in [-0.15, -0.1) is 0 Å². The van der Waals surface area contributed by atoms with Crippen molar-refractivity contribution in [3.8, 4) is 0 Å². The molecular weight excluding hydrogens is 526 g/mol. The number of amides is 2. The zero-order valence-corrected chi connectivity index (χ0v) is 24.2. The van der Waals surface area contributed by atoms with Gasteiger partial charge in [-0.1, -0.05) is 24.3 Å². The van der Waals surface area contributed by atoms with Crippen LogP contribution in [0.25, 0.3) is 0 Å². The summed E-state index contributed by atoms with van der Waals surface area (Å²) >= 11 is 0. The van der Waals surface area contributed by atoms with E-state index in [1.165, 1.54) is 5.69 Å². The minimum absolute atomic E-state index is 0.0740. The average Bonchev–Trinajstić information content (AvgIpc) is 3.49. The molecule has 1 unspecified atom stereocenters. The minimum atomic E-state index is -0.430. The third-order valence-corrected chi connectivity index (χ3v) is 7.91. The van der Waals surface area contributed by atoms with E-state index in [2.05, 4.69) is 55.8 Å². The first kappa shape index (κ1) is 27.4. The van der Waals surface area contributed by atoms with Crippen LogP contribution in [0.5, 0.6) is 0 Å². The fourth-order valence-corrected chi connectivity index (χ4v) is 5.58. The molecule has 1 saturated heterocycles. The molecule has 2 amide bonds. The molecule has 9 nitrogen and oxygen atoms in total. The zero-order chi connectivity index (χ0) is 29.2. The van der Waals surface area contributed by atoms with Gasteiger partial charge in [-0.2, -0.15) is 5.10 Å². The number of rotatable bonds is 7. The lowest BCUT2D eigenvalue weighted by atomic mass is 9.97. The average molecular weight is 562 g/mol. The number of aryl methyl sites for hydroxylation is 2. The first-order chi connectivity index (χ1) is 20.3. The Morgan fingerprint density at radius 1 is 1.00 bits per heavy atom. The molecule has 2 aliphatic rings. The van der Waals surface area contributed by atoms with Crippen molar-refractivity contribution in [3.63, 3.8) is 0 Å². The number of benzene rings is 3. The molecule has 0 radical (unpaired) electrons. The molecule has 6 rings (SSSR count). The van der Waals surface area contributed by atoms with E-state index in [1.807, 2.05) is 55.5 Å². The summed E-state index contributed by atoms with van der Waals surface area (Å²) in [5.74, 6) is -0.704. The van der Waals surface area contributed by atoms with Gasteiger partial charge in [0.2, 0.25) is 5.91 Å². The molecule has 3 aromatic carbocycles. The van der Waals surface area contributed by atoms with Crippen molar-refractivity contribution in [2.45, 2.75) is 19.3 Å². The second-order valence-corrected chi connectivity index (χ2v) is 11.1. The maximum atomic E-state index is 12.8. The van der Waals surface area contributed by atoms with Gasteiger partial charge in [-0.3, -0.25) is 19.3 Å². The topological polar surface area (TPSA) is 94.9 Å². The van der Waals surface area contributed by atoms with Crippen LogP contribution in [0.4, 0.5) is 22.7 Å². The van der Waals surface area contributed by atoms with Crippen molar-refractivity contribution in [2.24, 2.45) is 12.0 Å². The molecule has 214 valence electrons. The zero-order valence-electron chi connectivity index (χ0n) is 24.2. The van der Waals surface area contributed by atoms with Gasteiger partial charge in [-0.05, 0) is 85.6 Å². The largest absolute Gasteiger partial charge is 0.369 e. The van der Waals surface area contributed by atoms with Crippen LogP contribution in [0.15, 0.2) is 77.8 Å². The highest BCUT2D eigenvalue weighted by Gasteiger charge is 2.29. The lowest BCUT2D eigenvalue weighted by Gasteiger charge is -2.34. The molecule has 9 heteroatoms. The quantitative estimate of drug-likeness (QED) is 0.317. The molecule has 1 aromatic heterocycles. The number of piperazine rings is 1. The second-order valence-electron chi connectivity index (χ2n) is 11.1. The van der Waals surface area contributed by atoms with Gasteiger partial charge < -0.3 is 20.4 Å². The van der Waals surface area contributed by atoms with Crippen LogP contribution in [0.2, 0.25) is 0 Å². The van der Waals surface area contributed by atoms with Gasteiger partial charge in [0.1, 0.15) is 11.6 Å². The maximum Gasteiger partial charge on any atom is 0.273 e. The Bertz CT molecular complexity index is 1650. The molecule has 0 aliphatic carbocycles. The highest BCUT2D eigenvalue weighted by Crippen LogP contribution is 2.33. The fourth-order valence-electron chi connectivity index (χ4n) is 5.58. The Hall–Kier alpha value is -4.76. The van der Waals surface area contributed by atoms with Crippen LogP contribution in [0, 0.1) is 6.92 Å². The SMILES string of the molecule is Cc1cc(C(=O)Nc2cccc(Cc3ccc4c(c3)NC(=O)C4C=Nc3ccc(N4CCN(C)CC4)cc3)c2)n(C)n1. The molecule has 0 bridgehead atoms. The molecule has 4 aromatic rings. The molecule has 1 fully saturated rings. The number of aliphatic imine (C=N–C) groups is 1. The van der Waals surface area contributed by atoms with E-state index < -0.39 is 5.92 Å². The fraction of sp³-hybridized carbons (Fsp3) is 0.273. The Balaban J connectivity index is 1.11. The monoisotopic (exact) mass is 561 g/mol. The highest BCUT2D eigenvalue weighted by atomic mass is 16.2. The number of hydrogen-bond acceptors (Lipinski definition) is 6. The predicted molar refractivity (Wildman–Crippen MR) is 167 cm³/mol. The van der Waals surface area contributed by atoms with Crippen LogP contribution in [-0.2, 0) is 18.3 Å². The third-order valence-electron chi connectivity index (χ3n) is 7.91. The molecule has 0 spiro atoms. The molecule has 0 saturated carbocycles. The van der Waals surface area contributed by atoms with E-state index >= 15 is 0 Å². The van der Waals surface area contributed by atoms with Crippen molar-refractivity contribution in [2.75, 3.05) is 48.8 Å². The summed E-state index contributed by atoms with van der Waals surface area (Å²) in [5.41, 5.74) is 7.92. The number of hydrogen-bond donors (Lipinski definition) is 2. The summed E-state index contributed by atoms with van der Waals surface area (Å²) in [6, 6.07) is 23.9. The van der Waals surface area contributed by atoms with Crippen molar-refractivity contribution < 1.29 is 9.59 Å². The molecule has 1 atom stereocenters. The van der Waals surface area contributed by atoms with Gasteiger partial charge in [0.15, 0.2) is 0 Å². The third kappa shape index (κ3) is 5.96. The van der Waals surface area contributed by atoms with Crippen molar-refractivity contribution in [3.05, 3.63) is 101 Å². The van der Waals surface area contributed by atoms with Gasteiger partial charge in [0.05, 0.1) is 11.4 Å². The van der Waals surface area contributed by atoms with E-state index in [4.69, 9.17) is 0 Å². The van der Waals surface area contributed by atoms with Gasteiger partial charge >= 0.3 is 0 Å². The molecule has 2 aliphatic heterocycles. The van der Waals surface area contributed by atoms with E-state index in [0.29, 0.717) is 12.1 Å². The minimum Gasteiger partial charge on any atom is -0.369 e. The number of fused-ring (bicyclic) bond motifs is 1. The standard InChI is InChI=1S/C33H35N7O2/c1-22-17-31(39(3)37-22)33(42)35-26-6-4-5-23(19-26)18-24-7-12-28-29(32(41)36-30(28)20-24)21-34-25-8-10-27(11-9-25)40-15-13-38(2)14-16-40/h4-12,17,19-21,29H,13-16,18H2,1-3H3,(H,35,42)(H,36,41). The molecule has 2 N–H and O–H groups in total. The first-order valence-corrected chi connectivity index (χ1v) is 14.2. The number of carbonyl (C=O) groups is 2. The van der Waals surface area contributed by atoms with Crippen LogP contribution in [0.1, 0.15) is 38.8 Å². The Kier molecular flexibility index (Phi) is 7.58. The number of nitrogens with one attached hydrogen (secondary N) is 2. The predicted octanol–water partition coefficient (Wildman–Crippen LogP) is 4.76. The first-order valence-electron chi connectivity index (χ1n) is 14.2.